The highest BCUT2D eigenvalue weighted by Gasteiger charge is 2.35. The van der Waals surface area contributed by atoms with Crippen LogP contribution in [0.5, 0.6) is 0 Å². The summed E-state index contributed by atoms with van der Waals surface area (Å²) < 4.78 is 0. The molecule has 0 saturated heterocycles. The smallest absolute Gasteiger partial charge is 0.0677 e. The molecule has 1 nitrogen and oxygen atoms in total. The number of benzene rings is 2. The zero-order chi connectivity index (χ0) is 14.3. The molecule has 0 aromatic heterocycles. The molecule has 1 heteroatoms. The summed E-state index contributed by atoms with van der Waals surface area (Å²) >= 11 is 0. The van der Waals surface area contributed by atoms with Gasteiger partial charge >= 0.3 is 0 Å². The average Bonchev–Trinajstić information content (AvgIpc) is 2.68. The second-order valence-corrected chi connectivity index (χ2v) is 6.80. The van der Waals surface area contributed by atoms with Crippen molar-refractivity contribution in [2.45, 2.75) is 46.0 Å². The van der Waals surface area contributed by atoms with E-state index in [2.05, 4.69) is 64.1 Å². The van der Waals surface area contributed by atoms with E-state index in [9.17, 15) is 0 Å². The molecule has 20 heavy (non-hydrogen) atoms. The molecule has 2 aromatic rings. The van der Waals surface area contributed by atoms with Gasteiger partial charge < -0.3 is 0 Å². The first-order valence-corrected chi connectivity index (χ1v) is 7.60. The fraction of sp³-hybridized carbons (Fsp3) is 0.421. The van der Waals surface area contributed by atoms with Crippen LogP contribution in [-0.4, -0.2) is 5.71 Å². The fourth-order valence-electron chi connectivity index (χ4n) is 3.23. The van der Waals surface area contributed by atoms with Crippen LogP contribution in [0.1, 0.15) is 46.1 Å². The van der Waals surface area contributed by atoms with Crippen LogP contribution < -0.4 is 0 Å². The Hall–Kier alpha value is -1.63. The predicted octanol–water partition coefficient (Wildman–Crippen LogP) is 5.64. The molecule has 0 bridgehead atoms. The molecule has 0 fully saturated rings. The van der Waals surface area contributed by atoms with E-state index in [0.29, 0.717) is 0 Å². The van der Waals surface area contributed by atoms with Crippen molar-refractivity contribution in [3.63, 3.8) is 0 Å². The van der Waals surface area contributed by atoms with Gasteiger partial charge in [0, 0.05) is 11.1 Å². The molecule has 2 aromatic carbocycles. The Morgan fingerprint density at radius 3 is 2.55 bits per heavy atom. The van der Waals surface area contributed by atoms with E-state index in [1.54, 1.807) is 0 Å². The SMILES string of the molecule is CC(C)CCC1=Nc2ccc3ccccc3c2C1(C)C. The van der Waals surface area contributed by atoms with Crippen molar-refractivity contribution < 1.29 is 0 Å². The van der Waals surface area contributed by atoms with Gasteiger partial charge in [-0.05, 0) is 41.2 Å². The monoisotopic (exact) mass is 265 g/mol. The maximum absolute atomic E-state index is 4.94. The Morgan fingerprint density at radius 2 is 1.80 bits per heavy atom. The summed E-state index contributed by atoms with van der Waals surface area (Å²) in [5, 5.41) is 2.68. The van der Waals surface area contributed by atoms with Crippen molar-refractivity contribution in [3.05, 3.63) is 42.0 Å². The maximum Gasteiger partial charge on any atom is 0.0677 e. The lowest BCUT2D eigenvalue weighted by atomic mass is 9.77. The van der Waals surface area contributed by atoms with E-state index in [1.165, 1.54) is 34.2 Å². The number of hydrogen-bond donors (Lipinski definition) is 0. The molecule has 0 atom stereocenters. The molecule has 3 rings (SSSR count). The topological polar surface area (TPSA) is 12.4 Å². The second kappa shape index (κ2) is 4.73. The lowest BCUT2D eigenvalue weighted by Gasteiger charge is -2.24. The van der Waals surface area contributed by atoms with Crippen LogP contribution in [0.4, 0.5) is 5.69 Å². The normalized spacial score (nSPS) is 16.6. The highest BCUT2D eigenvalue weighted by molar-refractivity contribution is 6.07. The van der Waals surface area contributed by atoms with Gasteiger partial charge in [0.15, 0.2) is 0 Å². The van der Waals surface area contributed by atoms with Gasteiger partial charge in [0.05, 0.1) is 5.69 Å². The summed E-state index contributed by atoms with van der Waals surface area (Å²) in [7, 11) is 0. The zero-order valence-electron chi connectivity index (χ0n) is 12.9. The van der Waals surface area contributed by atoms with Crippen LogP contribution in [-0.2, 0) is 5.41 Å². The first-order valence-electron chi connectivity index (χ1n) is 7.60. The lowest BCUT2D eigenvalue weighted by molar-refractivity contribution is 0.589. The third-order valence-corrected chi connectivity index (χ3v) is 4.47. The Morgan fingerprint density at radius 1 is 1.05 bits per heavy atom. The second-order valence-electron chi connectivity index (χ2n) is 6.80. The van der Waals surface area contributed by atoms with Crippen LogP contribution in [0, 0.1) is 5.92 Å². The van der Waals surface area contributed by atoms with Crippen molar-refractivity contribution >= 4 is 22.2 Å². The molecule has 1 heterocycles. The van der Waals surface area contributed by atoms with Crippen LogP contribution in [0.2, 0.25) is 0 Å². The van der Waals surface area contributed by atoms with Crippen molar-refractivity contribution in [1.82, 2.24) is 0 Å². The summed E-state index contributed by atoms with van der Waals surface area (Å²) in [5.74, 6) is 0.731. The standard InChI is InChI=1S/C19H23N/c1-13(2)9-12-17-19(3,4)18-15-8-6-5-7-14(15)10-11-16(18)20-17/h5-8,10-11,13H,9,12H2,1-4H3. The van der Waals surface area contributed by atoms with Gasteiger partial charge in [-0.15, -0.1) is 0 Å². The Bertz CT molecular complexity index is 677. The molecule has 104 valence electrons. The summed E-state index contributed by atoms with van der Waals surface area (Å²) in [6, 6.07) is 13.0. The van der Waals surface area contributed by atoms with Crippen LogP contribution >= 0.6 is 0 Å². The highest BCUT2D eigenvalue weighted by atomic mass is 14.8. The van der Waals surface area contributed by atoms with Gasteiger partial charge in [-0.1, -0.05) is 58.0 Å². The summed E-state index contributed by atoms with van der Waals surface area (Å²) in [6.07, 6.45) is 2.32. The highest BCUT2D eigenvalue weighted by Crippen LogP contribution is 2.45. The summed E-state index contributed by atoms with van der Waals surface area (Å²) in [5.41, 5.74) is 3.99. The first kappa shape index (κ1) is 13.4. The van der Waals surface area contributed by atoms with Gasteiger partial charge in [-0.25, -0.2) is 0 Å². The molecule has 0 saturated carbocycles. The third-order valence-electron chi connectivity index (χ3n) is 4.47. The fourth-order valence-corrected chi connectivity index (χ4v) is 3.23. The Labute approximate surface area is 121 Å². The number of rotatable bonds is 3. The van der Waals surface area contributed by atoms with Crippen molar-refractivity contribution in [2.24, 2.45) is 10.9 Å². The Balaban J connectivity index is 2.08. The van der Waals surface area contributed by atoms with Gasteiger partial charge in [-0.2, -0.15) is 0 Å². The number of hydrogen-bond acceptors (Lipinski definition) is 1. The zero-order valence-corrected chi connectivity index (χ0v) is 12.9. The lowest BCUT2D eigenvalue weighted by Crippen LogP contribution is -2.26. The van der Waals surface area contributed by atoms with E-state index < -0.39 is 0 Å². The molecule has 0 amide bonds. The average molecular weight is 265 g/mol. The third kappa shape index (κ3) is 2.06. The van der Waals surface area contributed by atoms with Crippen LogP contribution in [0.3, 0.4) is 0 Å². The predicted molar refractivity (Wildman–Crippen MR) is 88.1 cm³/mol. The van der Waals surface area contributed by atoms with Gasteiger partial charge in [0.2, 0.25) is 0 Å². The maximum atomic E-state index is 4.94. The molecule has 1 aliphatic rings. The van der Waals surface area contributed by atoms with Gasteiger partial charge in [0.25, 0.3) is 0 Å². The minimum atomic E-state index is 0.0606. The summed E-state index contributed by atoms with van der Waals surface area (Å²) in [4.78, 5) is 4.94. The number of nitrogens with zero attached hydrogens (tertiary/aromatic N) is 1. The molecule has 0 radical (unpaired) electrons. The molecule has 1 aliphatic heterocycles. The van der Waals surface area contributed by atoms with Crippen LogP contribution in [0.25, 0.3) is 10.8 Å². The summed E-state index contributed by atoms with van der Waals surface area (Å²) in [6.45, 7) is 9.21. The molecular formula is C19H23N. The first-order chi connectivity index (χ1) is 9.50. The molecule has 0 unspecified atom stereocenters. The van der Waals surface area contributed by atoms with Crippen molar-refractivity contribution in [2.75, 3.05) is 0 Å². The van der Waals surface area contributed by atoms with E-state index in [0.717, 1.165) is 12.3 Å². The van der Waals surface area contributed by atoms with E-state index in [-0.39, 0.29) is 5.41 Å². The number of fused-ring (bicyclic) bond motifs is 3. The minimum absolute atomic E-state index is 0.0606. The van der Waals surface area contributed by atoms with E-state index >= 15 is 0 Å². The van der Waals surface area contributed by atoms with Gasteiger partial charge in [-0.3, -0.25) is 4.99 Å². The molecule has 0 aliphatic carbocycles. The van der Waals surface area contributed by atoms with E-state index in [4.69, 9.17) is 4.99 Å². The van der Waals surface area contributed by atoms with Crippen LogP contribution in [0.15, 0.2) is 41.4 Å². The van der Waals surface area contributed by atoms with Gasteiger partial charge in [0.1, 0.15) is 0 Å². The molecule has 0 N–H and O–H groups in total. The van der Waals surface area contributed by atoms with Crippen molar-refractivity contribution in [3.8, 4) is 0 Å². The molecular weight excluding hydrogens is 242 g/mol. The number of aliphatic imine (C=N–C) groups is 1. The minimum Gasteiger partial charge on any atom is -0.257 e. The quantitative estimate of drug-likeness (QED) is 0.681. The largest absolute Gasteiger partial charge is 0.257 e. The Kier molecular flexibility index (Phi) is 3.16. The van der Waals surface area contributed by atoms with Crippen molar-refractivity contribution in [1.29, 1.82) is 0 Å². The van der Waals surface area contributed by atoms with E-state index in [1.807, 2.05) is 0 Å². The molecule has 0 spiro atoms.